The van der Waals surface area contributed by atoms with Crippen molar-refractivity contribution in [2.45, 2.75) is 51.2 Å². The summed E-state index contributed by atoms with van der Waals surface area (Å²) in [5.41, 5.74) is -0.562. The maximum atomic E-state index is 9.89. The van der Waals surface area contributed by atoms with Crippen LogP contribution >= 0.6 is 0 Å². The Hall–Kier alpha value is -0.120. The molecular formula is C11H23NO2. The quantitative estimate of drug-likeness (QED) is 0.681. The molecule has 84 valence electrons. The molecule has 1 rings (SSSR count). The van der Waals surface area contributed by atoms with Crippen LogP contribution in [0.5, 0.6) is 0 Å². The third-order valence-corrected chi connectivity index (χ3v) is 2.69. The Labute approximate surface area is 86.8 Å². The summed E-state index contributed by atoms with van der Waals surface area (Å²) in [4.78, 5) is 0. The van der Waals surface area contributed by atoms with Crippen LogP contribution in [0.3, 0.4) is 0 Å². The average Bonchev–Trinajstić information content (AvgIpc) is 2.56. The van der Waals surface area contributed by atoms with E-state index in [0.29, 0.717) is 12.6 Å². The van der Waals surface area contributed by atoms with E-state index in [0.717, 1.165) is 32.4 Å². The van der Waals surface area contributed by atoms with Crippen LogP contribution in [-0.4, -0.2) is 36.5 Å². The van der Waals surface area contributed by atoms with Crippen LogP contribution < -0.4 is 5.32 Å². The molecule has 3 nitrogen and oxygen atoms in total. The van der Waals surface area contributed by atoms with Gasteiger partial charge in [0.05, 0.1) is 11.7 Å². The van der Waals surface area contributed by atoms with Crippen LogP contribution in [0.15, 0.2) is 0 Å². The summed E-state index contributed by atoms with van der Waals surface area (Å²) in [5.74, 6) is 0. The molecule has 0 aromatic rings. The Kier molecular flexibility index (Phi) is 4.85. The first kappa shape index (κ1) is 12.0. The van der Waals surface area contributed by atoms with Gasteiger partial charge in [-0.25, -0.2) is 0 Å². The first-order chi connectivity index (χ1) is 6.64. The molecule has 0 aliphatic carbocycles. The van der Waals surface area contributed by atoms with Gasteiger partial charge in [0, 0.05) is 19.7 Å². The van der Waals surface area contributed by atoms with Crippen LogP contribution in [0, 0.1) is 0 Å². The third kappa shape index (κ3) is 4.40. The molecule has 1 saturated heterocycles. The molecule has 0 radical (unpaired) electrons. The highest BCUT2D eigenvalue weighted by Gasteiger charge is 2.20. The van der Waals surface area contributed by atoms with Crippen LogP contribution in [0.25, 0.3) is 0 Å². The van der Waals surface area contributed by atoms with Crippen LogP contribution in [0.1, 0.15) is 39.5 Å². The first-order valence-corrected chi connectivity index (χ1v) is 5.69. The minimum absolute atomic E-state index is 0.368. The fourth-order valence-corrected chi connectivity index (χ4v) is 1.93. The fourth-order valence-electron chi connectivity index (χ4n) is 1.93. The molecule has 1 aliphatic heterocycles. The molecule has 0 spiro atoms. The second-order valence-corrected chi connectivity index (χ2v) is 4.51. The summed E-state index contributed by atoms with van der Waals surface area (Å²) < 4.78 is 5.48. The van der Waals surface area contributed by atoms with E-state index in [4.69, 9.17) is 4.74 Å². The SMILES string of the molecule is CCCC(C)(O)CNCC1CCCO1. The van der Waals surface area contributed by atoms with E-state index < -0.39 is 5.60 Å². The van der Waals surface area contributed by atoms with E-state index in [9.17, 15) is 5.11 Å². The number of ether oxygens (including phenoxy) is 1. The van der Waals surface area contributed by atoms with Crippen LogP contribution in [0.4, 0.5) is 0 Å². The van der Waals surface area contributed by atoms with Crippen molar-refractivity contribution in [2.75, 3.05) is 19.7 Å². The van der Waals surface area contributed by atoms with Crippen LogP contribution in [0.2, 0.25) is 0 Å². The van der Waals surface area contributed by atoms with Crippen molar-refractivity contribution in [1.29, 1.82) is 0 Å². The van der Waals surface area contributed by atoms with E-state index >= 15 is 0 Å². The number of nitrogens with one attached hydrogen (secondary N) is 1. The molecule has 0 bridgehead atoms. The van der Waals surface area contributed by atoms with Crippen molar-refractivity contribution in [1.82, 2.24) is 5.32 Å². The summed E-state index contributed by atoms with van der Waals surface area (Å²) in [6, 6.07) is 0. The minimum Gasteiger partial charge on any atom is -0.389 e. The van der Waals surface area contributed by atoms with Gasteiger partial charge in [-0.05, 0) is 26.2 Å². The lowest BCUT2D eigenvalue weighted by atomic mass is 10.0. The summed E-state index contributed by atoms with van der Waals surface area (Å²) in [6.45, 7) is 6.42. The monoisotopic (exact) mass is 201 g/mol. The summed E-state index contributed by atoms with van der Waals surface area (Å²) in [5, 5.41) is 13.2. The third-order valence-electron chi connectivity index (χ3n) is 2.69. The van der Waals surface area contributed by atoms with Gasteiger partial charge >= 0.3 is 0 Å². The zero-order chi connectivity index (χ0) is 10.4. The van der Waals surface area contributed by atoms with E-state index in [1.807, 2.05) is 6.92 Å². The maximum Gasteiger partial charge on any atom is 0.0743 e. The molecule has 0 amide bonds. The Morgan fingerprint density at radius 2 is 2.36 bits per heavy atom. The largest absolute Gasteiger partial charge is 0.389 e. The molecule has 0 aromatic carbocycles. The topological polar surface area (TPSA) is 41.5 Å². The molecule has 0 saturated carbocycles. The Morgan fingerprint density at radius 3 is 2.93 bits per heavy atom. The Bertz CT molecular complexity index is 153. The summed E-state index contributed by atoms with van der Waals surface area (Å²) in [7, 11) is 0. The van der Waals surface area contributed by atoms with Crippen molar-refractivity contribution in [2.24, 2.45) is 0 Å². The first-order valence-electron chi connectivity index (χ1n) is 5.69. The second-order valence-electron chi connectivity index (χ2n) is 4.51. The Morgan fingerprint density at radius 1 is 1.57 bits per heavy atom. The average molecular weight is 201 g/mol. The highest BCUT2D eigenvalue weighted by Crippen LogP contribution is 2.12. The van der Waals surface area contributed by atoms with Crippen molar-refractivity contribution in [3.8, 4) is 0 Å². The number of aliphatic hydroxyl groups is 1. The Balaban J connectivity index is 2.07. The van der Waals surface area contributed by atoms with Gasteiger partial charge in [-0.2, -0.15) is 0 Å². The molecule has 1 aliphatic rings. The van der Waals surface area contributed by atoms with Gasteiger partial charge < -0.3 is 15.2 Å². The second kappa shape index (κ2) is 5.69. The molecule has 3 heteroatoms. The van der Waals surface area contributed by atoms with Gasteiger partial charge in [0.1, 0.15) is 0 Å². The predicted octanol–water partition coefficient (Wildman–Crippen LogP) is 1.31. The lowest BCUT2D eigenvalue weighted by Gasteiger charge is -2.23. The van der Waals surface area contributed by atoms with E-state index in [1.165, 1.54) is 6.42 Å². The fraction of sp³-hybridized carbons (Fsp3) is 1.00. The molecule has 14 heavy (non-hydrogen) atoms. The highest BCUT2D eigenvalue weighted by atomic mass is 16.5. The minimum atomic E-state index is -0.562. The molecule has 2 N–H and O–H groups in total. The molecule has 2 unspecified atom stereocenters. The lowest BCUT2D eigenvalue weighted by molar-refractivity contribution is 0.0435. The zero-order valence-electron chi connectivity index (χ0n) is 9.38. The molecular weight excluding hydrogens is 178 g/mol. The molecule has 2 atom stereocenters. The van der Waals surface area contributed by atoms with Gasteiger partial charge in [-0.3, -0.25) is 0 Å². The molecule has 1 heterocycles. The summed E-state index contributed by atoms with van der Waals surface area (Å²) in [6.07, 6.45) is 4.58. The van der Waals surface area contributed by atoms with Gasteiger partial charge in [-0.1, -0.05) is 13.3 Å². The lowest BCUT2D eigenvalue weighted by Crippen LogP contribution is -2.40. The van der Waals surface area contributed by atoms with Gasteiger partial charge in [0.25, 0.3) is 0 Å². The summed E-state index contributed by atoms with van der Waals surface area (Å²) >= 11 is 0. The predicted molar refractivity (Wildman–Crippen MR) is 57.4 cm³/mol. The van der Waals surface area contributed by atoms with Crippen molar-refractivity contribution in [3.05, 3.63) is 0 Å². The van der Waals surface area contributed by atoms with Crippen molar-refractivity contribution < 1.29 is 9.84 Å². The molecule has 0 aromatic heterocycles. The standard InChI is InChI=1S/C11H23NO2/c1-3-6-11(2,13)9-12-8-10-5-4-7-14-10/h10,12-13H,3-9H2,1-2H3. The van der Waals surface area contributed by atoms with E-state index in [1.54, 1.807) is 0 Å². The maximum absolute atomic E-state index is 9.89. The van der Waals surface area contributed by atoms with Gasteiger partial charge in [0.15, 0.2) is 0 Å². The number of hydrogen-bond donors (Lipinski definition) is 2. The normalized spacial score (nSPS) is 26.4. The van der Waals surface area contributed by atoms with Crippen molar-refractivity contribution >= 4 is 0 Å². The van der Waals surface area contributed by atoms with Gasteiger partial charge in [-0.15, -0.1) is 0 Å². The molecule has 1 fully saturated rings. The van der Waals surface area contributed by atoms with Gasteiger partial charge in [0.2, 0.25) is 0 Å². The van der Waals surface area contributed by atoms with Crippen LogP contribution in [-0.2, 0) is 4.74 Å². The van der Waals surface area contributed by atoms with Crippen molar-refractivity contribution in [3.63, 3.8) is 0 Å². The number of rotatable bonds is 6. The highest BCUT2D eigenvalue weighted by molar-refractivity contribution is 4.76. The van der Waals surface area contributed by atoms with E-state index in [-0.39, 0.29) is 0 Å². The van der Waals surface area contributed by atoms with E-state index in [2.05, 4.69) is 12.2 Å². The smallest absolute Gasteiger partial charge is 0.0743 e. The zero-order valence-corrected chi connectivity index (χ0v) is 9.38. The number of hydrogen-bond acceptors (Lipinski definition) is 3.